The molecule has 9 heterocycles. The number of nitrogens with one attached hydrogen (secondary N) is 3. The Kier molecular flexibility index (Phi) is 8.53. The molecule has 0 aromatic carbocycles. The van der Waals surface area contributed by atoms with Crippen LogP contribution in [-0.4, -0.2) is 95.0 Å². The van der Waals surface area contributed by atoms with Gasteiger partial charge in [0.1, 0.15) is 11.3 Å². The fourth-order valence-electron chi connectivity index (χ4n) is 8.06. The van der Waals surface area contributed by atoms with E-state index in [-0.39, 0.29) is 0 Å². The Hall–Kier alpha value is -2.80. The van der Waals surface area contributed by atoms with E-state index in [4.69, 9.17) is 4.52 Å². The summed E-state index contributed by atoms with van der Waals surface area (Å²) in [5, 5.41) is 16.0. The monoisotopic (exact) mass is 606 g/mol. The van der Waals surface area contributed by atoms with Crippen LogP contribution in [0.2, 0.25) is 0 Å². The summed E-state index contributed by atoms with van der Waals surface area (Å²) in [5.74, 6) is 0.913. The van der Waals surface area contributed by atoms with Crippen LogP contribution in [0.5, 0.6) is 0 Å². The fourth-order valence-corrected chi connectivity index (χ4v) is 8.69. The first-order valence-electron chi connectivity index (χ1n) is 16.2. The molecule has 3 spiro atoms. The molecular weight excluding hydrogens is 560 g/mol. The molecule has 9 rings (SSSR count). The summed E-state index contributed by atoms with van der Waals surface area (Å²) in [7, 11) is 0. The second kappa shape index (κ2) is 12.7. The highest BCUT2D eigenvalue weighted by atomic mass is 32.1. The first kappa shape index (κ1) is 28.9. The van der Waals surface area contributed by atoms with Crippen LogP contribution in [0.1, 0.15) is 57.8 Å². The van der Waals surface area contributed by atoms with Gasteiger partial charge in [0.25, 0.3) is 0 Å². The maximum Gasteiger partial charge on any atom is 0.227 e. The third kappa shape index (κ3) is 6.52. The van der Waals surface area contributed by atoms with Gasteiger partial charge in [0.15, 0.2) is 0 Å². The van der Waals surface area contributed by atoms with E-state index in [0.717, 1.165) is 37.8 Å². The molecule has 11 nitrogen and oxygen atoms in total. The Morgan fingerprint density at radius 3 is 1.79 bits per heavy atom. The highest BCUT2D eigenvalue weighted by Crippen LogP contribution is 2.35. The standard InChI is InChI=1S/C11H16N4.C10H15N3O.C10H15N3S/c1-2-11(14-4-1)3-5-15(8-11)10-6-12-9-13-7-10;2*1-3-10(11-5-1)4-7-13(8-10)9-2-6-12-14-9/h6-7,9,14H,1-5,8H2;2*2,6,11H,1,3-5,7-8H2. The molecule has 6 fully saturated rings. The molecule has 6 aliphatic rings. The zero-order chi connectivity index (χ0) is 29.0. The molecule has 3 unspecified atom stereocenters. The lowest BCUT2D eigenvalue weighted by atomic mass is 9.97. The summed E-state index contributed by atoms with van der Waals surface area (Å²) in [6, 6.07) is 4.06. The smallest absolute Gasteiger partial charge is 0.227 e. The number of hydrogen-bond acceptors (Lipinski definition) is 12. The number of anilines is 3. The molecule has 3 aromatic rings. The van der Waals surface area contributed by atoms with Gasteiger partial charge in [0, 0.05) is 68.1 Å². The average Bonchev–Trinajstić information content (AvgIpc) is 3.91. The molecule has 0 bridgehead atoms. The van der Waals surface area contributed by atoms with Crippen molar-refractivity contribution in [2.24, 2.45) is 0 Å². The van der Waals surface area contributed by atoms with Crippen molar-refractivity contribution in [2.45, 2.75) is 74.4 Å². The lowest BCUT2D eigenvalue weighted by Crippen LogP contribution is -2.42. The maximum absolute atomic E-state index is 5.17. The number of nitrogens with zero attached hydrogens (tertiary/aromatic N) is 7. The molecule has 6 aliphatic heterocycles. The molecule has 3 atom stereocenters. The van der Waals surface area contributed by atoms with E-state index in [1.807, 2.05) is 24.7 Å². The predicted octanol–water partition coefficient (Wildman–Crippen LogP) is 3.29. The minimum atomic E-state index is 0.368. The summed E-state index contributed by atoms with van der Waals surface area (Å²) in [6.45, 7) is 10.3. The van der Waals surface area contributed by atoms with Crippen LogP contribution in [0.15, 0.2) is 47.8 Å². The summed E-state index contributed by atoms with van der Waals surface area (Å²) < 4.78 is 9.33. The zero-order valence-electron chi connectivity index (χ0n) is 25.2. The topological polar surface area (TPSA) is 111 Å². The van der Waals surface area contributed by atoms with E-state index >= 15 is 0 Å². The van der Waals surface area contributed by atoms with Gasteiger partial charge in [-0.25, -0.2) is 9.97 Å². The Morgan fingerprint density at radius 1 is 0.674 bits per heavy atom. The van der Waals surface area contributed by atoms with Crippen LogP contribution >= 0.6 is 11.5 Å². The van der Waals surface area contributed by atoms with Crippen LogP contribution in [0, 0.1) is 0 Å². The van der Waals surface area contributed by atoms with Gasteiger partial charge < -0.3 is 35.2 Å². The van der Waals surface area contributed by atoms with Crippen LogP contribution in [0.3, 0.4) is 0 Å². The molecule has 12 heteroatoms. The molecule has 3 N–H and O–H groups in total. The van der Waals surface area contributed by atoms with E-state index < -0.39 is 0 Å². The van der Waals surface area contributed by atoms with Gasteiger partial charge in [-0.1, -0.05) is 5.16 Å². The maximum atomic E-state index is 5.17. The van der Waals surface area contributed by atoms with Crippen LogP contribution in [0.25, 0.3) is 0 Å². The number of aromatic nitrogens is 4. The molecule has 6 saturated heterocycles. The quantitative estimate of drug-likeness (QED) is 0.409. The molecule has 0 radical (unpaired) electrons. The highest BCUT2D eigenvalue weighted by molar-refractivity contribution is 7.10. The number of hydrogen-bond donors (Lipinski definition) is 3. The average molecular weight is 607 g/mol. The Balaban J connectivity index is 0.000000105. The Bertz CT molecular complexity index is 1190. The van der Waals surface area contributed by atoms with Gasteiger partial charge in [0.2, 0.25) is 5.88 Å². The first-order valence-corrected chi connectivity index (χ1v) is 17.0. The van der Waals surface area contributed by atoms with Crippen molar-refractivity contribution in [3.63, 3.8) is 0 Å². The number of rotatable bonds is 3. The van der Waals surface area contributed by atoms with Crippen molar-refractivity contribution in [3.05, 3.63) is 43.2 Å². The van der Waals surface area contributed by atoms with Crippen molar-refractivity contribution in [3.8, 4) is 0 Å². The van der Waals surface area contributed by atoms with E-state index in [2.05, 4.69) is 56.2 Å². The molecule has 0 aliphatic carbocycles. The minimum absolute atomic E-state index is 0.368. The van der Waals surface area contributed by atoms with Gasteiger partial charge in [0.05, 0.1) is 24.3 Å². The van der Waals surface area contributed by atoms with E-state index in [0.29, 0.717) is 16.6 Å². The summed E-state index contributed by atoms with van der Waals surface area (Å²) >= 11 is 1.61. The highest BCUT2D eigenvalue weighted by Gasteiger charge is 2.42. The predicted molar refractivity (Wildman–Crippen MR) is 171 cm³/mol. The molecule has 3 aromatic heterocycles. The summed E-state index contributed by atoms with van der Waals surface area (Å²) in [5.41, 5.74) is 2.34. The van der Waals surface area contributed by atoms with E-state index in [1.165, 1.54) is 95.5 Å². The molecule has 43 heavy (non-hydrogen) atoms. The van der Waals surface area contributed by atoms with Gasteiger partial charge in [-0.2, -0.15) is 4.37 Å². The van der Waals surface area contributed by atoms with Gasteiger partial charge >= 0.3 is 0 Å². The normalized spacial score (nSPS) is 31.3. The van der Waals surface area contributed by atoms with E-state index in [9.17, 15) is 0 Å². The van der Waals surface area contributed by atoms with Crippen molar-refractivity contribution in [1.82, 2.24) is 35.4 Å². The first-order chi connectivity index (χ1) is 21.1. The molecule has 0 saturated carbocycles. The Morgan fingerprint density at radius 2 is 1.26 bits per heavy atom. The lowest BCUT2D eigenvalue weighted by molar-refractivity contribution is 0.402. The summed E-state index contributed by atoms with van der Waals surface area (Å²) in [4.78, 5) is 15.3. The van der Waals surface area contributed by atoms with E-state index in [1.54, 1.807) is 24.1 Å². The van der Waals surface area contributed by atoms with Gasteiger partial charge in [-0.15, -0.1) is 0 Å². The minimum Gasteiger partial charge on any atom is -0.367 e. The molecule has 0 amide bonds. The third-order valence-electron chi connectivity index (χ3n) is 10.4. The van der Waals surface area contributed by atoms with Crippen LogP contribution in [0.4, 0.5) is 16.6 Å². The summed E-state index contributed by atoms with van der Waals surface area (Å²) in [6.07, 6.45) is 20.7. The van der Waals surface area contributed by atoms with Crippen LogP contribution < -0.4 is 30.7 Å². The fraction of sp³-hybridized carbons (Fsp3) is 0.677. The van der Waals surface area contributed by atoms with Crippen LogP contribution in [-0.2, 0) is 0 Å². The largest absolute Gasteiger partial charge is 0.367 e. The van der Waals surface area contributed by atoms with Crippen molar-refractivity contribution >= 4 is 28.1 Å². The second-order valence-corrected chi connectivity index (χ2v) is 14.1. The molecule has 232 valence electrons. The van der Waals surface area contributed by atoms with Gasteiger partial charge in [-0.05, 0) is 95.0 Å². The zero-order valence-corrected chi connectivity index (χ0v) is 26.0. The van der Waals surface area contributed by atoms with Crippen molar-refractivity contribution in [2.75, 3.05) is 73.6 Å². The second-order valence-electron chi connectivity index (χ2n) is 13.2. The SMILES string of the molecule is c1cc(N2CCC3(CCCN3)C2)on1.c1cc(N2CCC3(CCCN3)C2)sn1.c1ncc(N2CCC3(CCCN3)C2)cn1. The Labute approximate surface area is 259 Å². The van der Waals surface area contributed by atoms with Crippen molar-refractivity contribution < 1.29 is 4.52 Å². The lowest BCUT2D eigenvalue weighted by Gasteiger charge is -2.24. The third-order valence-corrected chi connectivity index (χ3v) is 11.3. The molecular formula is C31H46N10OS. The van der Waals surface area contributed by atoms with Crippen molar-refractivity contribution in [1.29, 1.82) is 0 Å². The van der Waals surface area contributed by atoms with Gasteiger partial charge in [-0.3, -0.25) is 0 Å².